The van der Waals surface area contributed by atoms with Crippen LogP contribution in [0.4, 0.5) is 0 Å². The number of rotatable bonds is 2. The molecule has 4 heteroatoms. The Morgan fingerprint density at radius 3 is 2.58 bits per heavy atom. The highest BCUT2D eigenvalue weighted by Gasteiger charge is 2.40. The molecule has 1 N–H and O–H groups in total. The topological polar surface area (TPSA) is 37.3 Å². The van der Waals surface area contributed by atoms with Gasteiger partial charge in [0.25, 0.3) is 0 Å². The molecule has 2 nitrogen and oxygen atoms in total. The number of carboxylic acids is 1. The molecule has 19 heavy (non-hydrogen) atoms. The van der Waals surface area contributed by atoms with E-state index in [1.807, 2.05) is 11.4 Å². The van der Waals surface area contributed by atoms with Crippen molar-refractivity contribution in [2.24, 2.45) is 17.3 Å². The standard InChI is InChI=1S/C15H21BrO2S/c1-15(2,3)9-4-5-10(14(17)18)11(8-9)13-12(16)6-7-19-13/h6-7,9-11H,4-5,8H2,1-3H3,(H,17,18). The lowest BCUT2D eigenvalue weighted by molar-refractivity contribution is -0.144. The lowest BCUT2D eigenvalue weighted by atomic mass is 9.65. The molecule has 1 aliphatic carbocycles. The third-order valence-corrected chi connectivity index (χ3v) is 6.38. The van der Waals surface area contributed by atoms with Crippen molar-refractivity contribution < 1.29 is 9.90 Å². The van der Waals surface area contributed by atoms with Gasteiger partial charge in [-0.2, -0.15) is 0 Å². The average molecular weight is 345 g/mol. The Hall–Kier alpha value is -0.350. The van der Waals surface area contributed by atoms with Crippen molar-refractivity contribution in [2.75, 3.05) is 0 Å². The second-order valence-corrected chi connectivity index (χ2v) is 8.36. The molecule has 0 radical (unpaired) electrons. The van der Waals surface area contributed by atoms with E-state index in [4.69, 9.17) is 0 Å². The van der Waals surface area contributed by atoms with Gasteiger partial charge in [0.1, 0.15) is 0 Å². The molecule has 1 fully saturated rings. The maximum atomic E-state index is 11.5. The van der Waals surface area contributed by atoms with E-state index < -0.39 is 5.97 Å². The first-order valence-corrected chi connectivity index (χ1v) is 8.43. The van der Waals surface area contributed by atoms with E-state index >= 15 is 0 Å². The predicted octanol–water partition coefficient (Wildman–Crippen LogP) is 5.14. The largest absolute Gasteiger partial charge is 0.481 e. The van der Waals surface area contributed by atoms with E-state index in [9.17, 15) is 9.90 Å². The molecule has 0 aromatic carbocycles. The van der Waals surface area contributed by atoms with Gasteiger partial charge in [-0.25, -0.2) is 0 Å². The first-order chi connectivity index (χ1) is 8.80. The number of halogens is 1. The minimum Gasteiger partial charge on any atom is -0.481 e. The van der Waals surface area contributed by atoms with E-state index in [2.05, 4.69) is 36.7 Å². The van der Waals surface area contributed by atoms with Crippen LogP contribution in [-0.2, 0) is 4.79 Å². The van der Waals surface area contributed by atoms with Crippen molar-refractivity contribution in [3.63, 3.8) is 0 Å². The Kier molecular flexibility index (Phi) is 4.41. The van der Waals surface area contributed by atoms with Crippen LogP contribution >= 0.6 is 27.3 Å². The second-order valence-electron chi connectivity index (χ2n) is 6.56. The first kappa shape index (κ1) is 15.0. The Bertz CT molecular complexity index is 461. The molecule has 1 saturated carbocycles. The van der Waals surface area contributed by atoms with E-state index in [-0.39, 0.29) is 17.3 Å². The van der Waals surface area contributed by atoms with Gasteiger partial charge in [0.2, 0.25) is 0 Å². The van der Waals surface area contributed by atoms with Gasteiger partial charge in [-0.3, -0.25) is 4.79 Å². The van der Waals surface area contributed by atoms with Crippen LogP contribution in [0, 0.1) is 17.3 Å². The number of aliphatic carboxylic acids is 1. The molecule has 3 unspecified atom stereocenters. The zero-order valence-electron chi connectivity index (χ0n) is 11.6. The van der Waals surface area contributed by atoms with Crippen LogP contribution in [0.25, 0.3) is 0 Å². The Balaban J connectivity index is 2.28. The molecule has 0 aliphatic heterocycles. The van der Waals surface area contributed by atoms with E-state index in [1.54, 1.807) is 11.3 Å². The molecular weight excluding hydrogens is 324 g/mol. The van der Waals surface area contributed by atoms with Crippen molar-refractivity contribution in [3.05, 3.63) is 20.8 Å². The number of hydrogen-bond acceptors (Lipinski definition) is 2. The summed E-state index contributed by atoms with van der Waals surface area (Å²) in [4.78, 5) is 12.7. The smallest absolute Gasteiger partial charge is 0.307 e. The molecule has 1 heterocycles. The van der Waals surface area contributed by atoms with Crippen LogP contribution in [-0.4, -0.2) is 11.1 Å². The van der Waals surface area contributed by atoms with Gasteiger partial charge in [0.05, 0.1) is 5.92 Å². The average Bonchev–Trinajstić information content (AvgIpc) is 2.73. The summed E-state index contributed by atoms with van der Waals surface area (Å²) in [5.41, 5.74) is 0.255. The normalized spacial score (nSPS) is 28.3. The van der Waals surface area contributed by atoms with Gasteiger partial charge in [0.15, 0.2) is 0 Å². The van der Waals surface area contributed by atoms with Crippen molar-refractivity contribution in [1.29, 1.82) is 0 Å². The van der Waals surface area contributed by atoms with Gasteiger partial charge < -0.3 is 5.11 Å². The second kappa shape index (κ2) is 5.57. The predicted molar refractivity (Wildman–Crippen MR) is 82.7 cm³/mol. The highest BCUT2D eigenvalue weighted by molar-refractivity contribution is 9.10. The quantitative estimate of drug-likeness (QED) is 0.806. The fourth-order valence-corrected chi connectivity index (χ4v) is 4.96. The maximum absolute atomic E-state index is 11.5. The summed E-state index contributed by atoms with van der Waals surface area (Å²) in [6, 6.07) is 2.03. The molecule has 1 aromatic heterocycles. The zero-order valence-corrected chi connectivity index (χ0v) is 14.1. The molecule has 2 rings (SSSR count). The van der Waals surface area contributed by atoms with Gasteiger partial charge >= 0.3 is 5.97 Å². The van der Waals surface area contributed by atoms with Crippen molar-refractivity contribution in [3.8, 4) is 0 Å². The lowest BCUT2D eigenvalue weighted by Crippen LogP contribution is -2.34. The number of carboxylic acid groups (broad SMARTS) is 1. The summed E-state index contributed by atoms with van der Waals surface area (Å²) >= 11 is 5.25. The van der Waals surface area contributed by atoms with Crippen molar-refractivity contribution >= 4 is 33.2 Å². The minimum atomic E-state index is -0.641. The summed E-state index contributed by atoms with van der Waals surface area (Å²) in [5.74, 6) is -0.113. The molecule has 3 atom stereocenters. The fourth-order valence-electron chi connectivity index (χ4n) is 3.11. The third kappa shape index (κ3) is 3.22. The molecule has 1 aliphatic rings. The van der Waals surface area contributed by atoms with Gasteiger partial charge in [0, 0.05) is 15.3 Å². The van der Waals surface area contributed by atoms with Crippen LogP contribution < -0.4 is 0 Å². The molecule has 0 spiro atoms. The van der Waals surface area contributed by atoms with E-state index in [0.29, 0.717) is 5.92 Å². The lowest BCUT2D eigenvalue weighted by Gasteiger charge is -2.40. The van der Waals surface area contributed by atoms with Crippen LogP contribution in [0.5, 0.6) is 0 Å². The van der Waals surface area contributed by atoms with Crippen LogP contribution in [0.15, 0.2) is 15.9 Å². The summed E-state index contributed by atoms with van der Waals surface area (Å²) in [6.45, 7) is 6.79. The Morgan fingerprint density at radius 2 is 2.11 bits per heavy atom. The summed E-state index contributed by atoms with van der Waals surface area (Å²) in [6.07, 6.45) is 2.81. The van der Waals surface area contributed by atoms with E-state index in [0.717, 1.165) is 23.7 Å². The molecule has 1 aromatic rings. The summed E-state index contributed by atoms with van der Waals surface area (Å²) in [5, 5.41) is 11.5. The van der Waals surface area contributed by atoms with Crippen LogP contribution in [0.1, 0.15) is 50.8 Å². The zero-order chi connectivity index (χ0) is 14.2. The minimum absolute atomic E-state index is 0.157. The molecule has 0 bridgehead atoms. The Morgan fingerprint density at radius 1 is 1.42 bits per heavy atom. The van der Waals surface area contributed by atoms with Gasteiger partial charge in [-0.1, -0.05) is 20.8 Å². The summed E-state index contributed by atoms with van der Waals surface area (Å²) in [7, 11) is 0. The number of hydrogen-bond donors (Lipinski definition) is 1. The fraction of sp³-hybridized carbons (Fsp3) is 0.667. The maximum Gasteiger partial charge on any atom is 0.307 e. The van der Waals surface area contributed by atoms with E-state index in [1.165, 1.54) is 4.88 Å². The monoisotopic (exact) mass is 344 g/mol. The van der Waals surface area contributed by atoms with Gasteiger partial charge in [-0.15, -0.1) is 11.3 Å². The first-order valence-electron chi connectivity index (χ1n) is 6.76. The highest BCUT2D eigenvalue weighted by atomic mass is 79.9. The Labute approximate surface area is 127 Å². The number of thiophene rings is 1. The number of carbonyl (C=O) groups is 1. The molecular formula is C15H21BrO2S. The highest BCUT2D eigenvalue weighted by Crippen LogP contribution is 2.49. The van der Waals surface area contributed by atoms with Crippen LogP contribution in [0.2, 0.25) is 0 Å². The summed E-state index contributed by atoms with van der Waals surface area (Å²) < 4.78 is 1.07. The molecule has 106 valence electrons. The SMILES string of the molecule is CC(C)(C)C1CCC(C(=O)O)C(c2sccc2Br)C1. The van der Waals surface area contributed by atoms with Gasteiger partial charge in [-0.05, 0) is 58.0 Å². The van der Waals surface area contributed by atoms with Crippen molar-refractivity contribution in [1.82, 2.24) is 0 Å². The molecule has 0 amide bonds. The van der Waals surface area contributed by atoms with Crippen LogP contribution in [0.3, 0.4) is 0 Å². The third-order valence-electron chi connectivity index (χ3n) is 4.37. The van der Waals surface area contributed by atoms with Crippen molar-refractivity contribution in [2.45, 2.75) is 46.0 Å². The molecule has 0 saturated heterocycles.